The molecule has 0 aromatic carbocycles. The fraction of sp³-hybridized carbons (Fsp3) is 0.667. The second-order valence-electron chi connectivity index (χ2n) is 5.45. The molecule has 5 heteroatoms. The van der Waals surface area contributed by atoms with Crippen molar-refractivity contribution in [2.45, 2.75) is 65.7 Å². The number of nitrogen functional groups attached to an aromatic ring is 1. The fourth-order valence-electron chi connectivity index (χ4n) is 2.56. The van der Waals surface area contributed by atoms with Crippen LogP contribution >= 0.6 is 0 Å². The summed E-state index contributed by atoms with van der Waals surface area (Å²) in [6.45, 7) is 6.11. The number of rotatable bonds is 7. The summed E-state index contributed by atoms with van der Waals surface area (Å²) in [5, 5.41) is 4.30. The number of anilines is 1. The van der Waals surface area contributed by atoms with Crippen molar-refractivity contribution >= 4 is 11.6 Å². The summed E-state index contributed by atoms with van der Waals surface area (Å²) in [4.78, 5) is 8.76. The first-order valence-electron chi connectivity index (χ1n) is 7.61. The molecule has 0 unspecified atom stereocenters. The molecule has 2 N–H and O–H groups in total. The normalized spacial score (nSPS) is 11.3. The van der Waals surface area contributed by atoms with Gasteiger partial charge in [-0.2, -0.15) is 9.50 Å². The monoisotopic (exact) mass is 275 g/mol. The van der Waals surface area contributed by atoms with Crippen LogP contribution in [0.1, 0.15) is 62.5 Å². The molecule has 0 bridgehead atoms. The second-order valence-corrected chi connectivity index (χ2v) is 5.45. The fourth-order valence-corrected chi connectivity index (χ4v) is 2.56. The topological polar surface area (TPSA) is 69.1 Å². The largest absolute Gasteiger partial charge is 0.383 e. The molecule has 0 amide bonds. The number of aromatic nitrogens is 4. The molecule has 0 saturated carbocycles. The molecule has 0 fully saturated rings. The quantitative estimate of drug-likeness (QED) is 0.788. The number of hydrogen-bond donors (Lipinski definition) is 1. The summed E-state index contributed by atoms with van der Waals surface area (Å²) in [6.07, 6.45) is 8.68. The van der Waals surface area contributed by atoms with Gasteiger partial charge in [0.2, 0.25) is 0 Å². The maximum atomic E-state index is 6.22. The number of fused-ring (bicyclic) bond motifs is 1. The summed E-state index contributed by atoms with van der Waals surface area (Å²) >= 11 is 0. The molecule has 2 heterocycles. The Kier molecular flexibility index (Phi) is 4.93. The van der Waals surface area contributed by atoms with Crippen LogP contribution in [0.4, 0.5) is 5.82 Å². The third-order valence-corrected chi connectivity index (χ3v) is 3.72. The van der Waals surface area contributed by atoms with E-state index in [2.05, 4.69) is 22.0 Å². The number of unbranched alkanes of at least 4 members (excludes halogenated alkanes) is 5. The van der Waals surface area contributed by atoms with Gasteiger partial charge in [-0.15, -0.1) is 5.10 Å². The summed E-state index contributed by atoms with van der Waals surface area (Å²) in [5.74, 6) is 2.01. The summed E-state index contributed by atoms with van der Waals surface area (Å²) in [6, 6.07) is 0. The average molecular weight is 275 g/mol. The zero-order chi connectivity index (χ0) is 14.5. The van der Waals surface area contributed by atoms with Crippen molar-refractivity contribution in [1.29, 1.82) is 0 Å². The van der Waals surface area contributed by atoms with E-state index in [-0.39, 0.29) is 0 Å². The molecule has 2 rings (SSSR count). The van der Waals surface area contributed by atoms with Crippen molar-refractivity contribution in [3.05, 3.63) is 17.1 Å². The Bertz CT molecular complexity index is 573. The lowest BCUT2D eigenvalue weighted by Gasteiger charge is -2.09. The molecule has 0 spiro atoms. The van der Waals surface area contributed by atoms with Crippen LogP contribution in [-0.4, -0.2) is 19.6 Å². The van der Waals surface area contributed by atoms with Crippen LogP contribution in [-0.2, 0) is 6.42 Å². The van der Waals surface area contributed by atoms with Crippen LogP contribution in [0, 0.1) is 13.8 Å². The lowest BCUT2D eigenvalue weighted by atomic mass is 10.0. The van der Waals surface area contributed by atoms with E-state index in [4.69, 9.17) is 5.73 Å². The molecule has 0 radical (unpaired) electrons. The van der Waals surface area contributed by atoms with Gasteiger partial charge in [-0.25, -0.2) is 4.98 Å². The highest BCUT2D eigenvalue weighted by Gasteiger charge is 2.12. The minimum Gasteiger partial charge on any atom is -0.383 e. The number of nitrogens with zero attached hydrogens (tertiary/aromatic N) is 4. The first-order chi connectivity index (χ1) is 9.63. The summed E-state index contributed by atoms with van der Waals surface area (Å²) in [5.41, 5.74) is 8.32. The molecule has 5 nitrogen and oxygen atoms in total. The van der Waals surface area contributed by atoms with Crippen LogP contribution in [0.25, 0.3) is 5.78 Å². The van der Waals surface area contributed by atoms with Gasteiger partial charge in [0.05, 0.1) is 0 Å². The van der Waals surface area contributed by atoms with E-state index in [1.807, 2.05) is 13.8 Å². The first-order valence-corrected chi connectivity index (χ1v) is 7.61. The Labute approximate surface area is 120 Å². The Morgan fingerprint density at radius 2 is 1.70 bits per heavy atom. The number of aryl methyl sites for hydroxylation is 2. The van der Waals surface area contributed by atoms with Gasteiger partial charge in [-0.1, -0.05) is 39.0 Å². The average Bonchev–Trinajstić information content (AvgIpc) is 2.77. The minimum atomic E-state index is 0.601. The van der Waals surface area contributed by atoms with Crippen molar-refractivity contribution < 1.29 is 0 Å². The predicted octanol–water partition coefficient (Wildman–Crippen LogP) is 3.23. The summed E-state index contributed by atoms with van der Waals surface area (Å²) in [7, 11) is 0. The van der Waals surface area contributed by atoms with E-state index in [9.17, 15) is 0 Å². The molecule has 2 aromatic heterocycles. The Morgan fingerprint density at radius 1 is 1.00 bits per heavy atom. The maximum Gasteiger partial charge on any atom is 0.254 e. The van der Waals surface area contributed by atoms with Crippen LogP contribution in [0.15, 0.2) is 0 Å². The van der Waals surface area contributed by atoms with Crippen LogP contribution in [0.2, 0.25) is 0 Å². The number of nitrogens with two attached hydrogens (primary N) is 1. The number of hydrogen-bond acceptors (Lipinski definition) is 4. The van der Waals surface area contributed by atoms with E-state index in [1.54, 1.807) is 4.52 Å². The molecule has 0 atom stereocenters. The van der Waals surface area contributed by atoms with E-state index in [0.717, 1.165) is 24.1 Å². The molecule has 110 valence electrons. The molecule has 0 saturated heterocycles. The van der Waals surface area contributed by atoms with E-state index in [1.165, 1.54) is 32.1 Å². The highest BCUT2D eigenvalue weighted by Crippen LogP contribution is 2.19. The predicted molar refractivity (Wildman–Crippen MR) is 81.7 cm³/mol. The highest BCUT2D eigenvalue weighted by molar-refractivity contribution is 5.49. The third-order valence-electron chi connectivity index (χ3n) is 3.72. The SMILES string of the molecule is CCCCCCCCc1c(C)nc2nc(C)nn2c1N. The van der Waals surface area contributed by atoms with Crippen LogP contribution < -0.4 is 5.73 Å². The highest BCUT2D eigenvalue weighted by atomic mass is 15.3. The van der Waals surface area contributed by atoms with Crippen molar-refractivity contribution in [3.63, 3.8) is 0 Å². The second kappa shape index (κ2) is 6.68. The Hall–Kier alpha value is -1.65. The van der Waals surface area contributed by atoms with Gasteiger partial charge in [-0.05, 0) is 26.7 Å². The lowest BCUT2D eigenvalue weighted by molar-refractivity contribution is 0.606. The Morgan fingerprint density at radius 3 is 2.45 bits per heavy atom. The van der Waals surface area contributed by atoms with Crippen molar-refractivity contribution in [2.24, 2.45) is 0 Å². The first kappa shape index (κ1) is 14.8. The van der Waals surface area contributed by atoms with Crippen molar-refractivity contribution in [2.75, 3.05) is 5.73 Å². The standard InChI is InChI=1S/C15H25N5/c1-4-5-6-7-8-9-10-13-11(2)17-15-18-12(3)19-20(15)14(13)16/h4-10,16H2,1-3H3. The van der Waals surface area contributed by atoms with Crippen molar-refractivity contribution in [3.8, 4) is 0 Å². The van der Waals surface area contributed by atoms with Gasteiger partial charge in [0.25, 0.3) is 5.78 Å². The molecular formula is C15H25N5. The van der Waals surface area contributed by atoms with Gasteiger partial charge in [0.1, 0.15) is 11.6 Å². The summed E-state index contributed by atoms with van der Waals surface area (Å²) < 4.78 is 1.66. The van der Waals surface area contributed by atoms with E-state index >= 15 is 0 Å². The molecule has 2 aromatic rings. The Balaban J connectivity index is 2.02. The van der Waals surface area contributed by atoms with E-state index < -0.39 is 0 Å². The van der Waals surface area contributed by atoms with Crippen molar-refractivity contribution in [1.82, 2.24) is 19.6 Å². The van der Waals surface area contributed by atoms with Crippen LogP contribution in [0.3, 0.4) is 0 Å². The maximum absolute atomic E-state index is 6.22. The van der Waals surface area contributed by atoms with Gasteiger partial charge in [0.15, 0.2) is 0 Å². The van der Waals surface area contributed by atoms with Gasteiger partial charge in [0, 0.05) is 11.3 Å². The van der Waals surface area contributed by atoms with E-state index in [0.29, 0.717) is 17.4 Å². The molecule has 20 heavy (non-hydrogen) atoms. The third kappa shape index (κ3) is 3.26. The zero-order valence-corrected chi connectivity index (χ0v) is 12.8. The zero-order valence-electron chi connectivity index (χ0n) is 12.8. The molecular weight excluding hydrogens is 250 g/mol. The van der Waals surface area contributed by atoms with Gasteiger partial charge >= 0.3 is 0 Å². The van der Waals surface area contributed by atoms with Gasteiger partial charge in [-0.3, -0.25) is 0 Å². The molecule has 0 aliphatic carbocycles. The molecule has 0 aliphatic rings. The van der Waals surface area contributed by atoms with Crippen LogP contribution in [0.5, 0.6) is 0 Å². The minimum absolute atomic E-state index is 0.601. The van der Waals surface area contributed by atoms with Gasteiger partial charge < -0.3 is 5.73 Å². The lowest BCUT2D eigenvalue weighted by Crippen LogP contribution is -2.08. The molecule has 0 aliphatic heterocycles. The smallest absolute Gasteiger partial charge is 0.254 e.